The van der Waals surface area contributed by atoms with E-state index < -0.39 is 0 Å². The van der Waals surface area contributed by atoms with Crippen LogP contribution in [0, 0.1) is 5.82 Å². The van der Waals surface area contributed by atoms with Crippen LogP contribution in [-0.2, 0) is 13.1 Å². The molecule has 3 aromatic rings. The van der Waals surface area contributed by atoms with Gasteiger partial charge in [0.2, 0.25) is 0 Å². The van der Waals surface area contributed by atoms with Gasteiger partial charge in [-0.3, -0.25) is 0 Å². The lowest BCUT2D eigenvalue weighted by Crippen LogP contribution is -2.23. The van der Waals surface area contributed by atoms with Crippen molar-refractivity contribution in [2.45, 2.75) is 13.1 Å². The summed E-state index contributed by atoms with van der Waals surface area (Å²) in [4.78, 5) is 1.98. The van der Waals surface area contributed by atoms with E-state index in [1.165, 1.54) is 6.07 Å². The largest absolute Gasteiger partial charge is 0.497 e. The number of rotatable bonds is 8. The van der Waals surface area contributed by atoms with Crippen molar-refractivity contribution in [3.8, 4) is 17.2 Å². The van der Waals surface area contributed by atoms with Crippen molar-refractivity contribution in [1.29, 1.82) is 0 Å². The van der Waals surface area contributed by atoms with Crippen LogP contribution in [0.15, 0.2) is 65.1 Å². The minimum atomic E-state index is -0.320. The van der Waals surface area contributed by atoms with Gasteiger partial charge in [-0.2, -0.15) is 0 Å². The standard InChI is InChI=1S/C23H23BrFNO3/c1-27-18-8-4-16(5-9-18)14-26(15-17-6-10-19(28-2)11-7-17)22-13-23(29-3)20(24)12-21(22)25/h4-13H,14-15H2,1-3H3. The van der Waals surface area contributed by atoms with Gasteiger partial charge in [-0.15, -0.1) is 0 Å². The van der Waals surface area contributed by atoms with Gasteiger partial charge in [0.15, 0.2) is 0 Å². The van der Waals surface area contributed by atoms with Crippen LogP contribution < -0.4 is 19.1 Å². The summed E-state index contributed by atoms with van der Waals surface area (Å²) >= 11 is 3.34. The molecule has 0 fully saturated rings. The summed E-state index contributed by atoms with van der Waals surface area (Å²) in [5.74, 6) is 1.83. The van der Waals surface area contributed by atoms with Crippen molar-refractivity contribution >= 4 is 21.6 Å². The number of ether oxygens (including phenoxy) is 3. The molecule has 0 saturated heterocycles. The van der Waals surface area contributed by atoms with E-state index in [1.807, 2.05) is 53.4 Å². The Balaban J connectivity index is 1.95. The van der Waals surface area contributed by atoms with Crippen LogP contribution in [0.3, 0.4) is 0 Å². The first kappa shape index (κ1) is 21.0. The van der Waals surface area contributed by atoms with Gasteiger partial charge in [-0.1, -0.05) is 24.3 Å². The Bertz CT molecular complexity index is 896. The molecular weight excluding hydrogens is 437 g/mol. The van der Waals surface area contributed by atoms with Crippen LogP contribution in [0.1, 0.15) is 11.1 Å². The molecule has 0 saturated carbocycles. The lowest BCUT2D eigenvalue weighted by molar-refractivity contribution is 0.410. The number of anilines is 1. The Hall–Kier alpha value is -2.73. The first-order valence-corrected chi connectivity index (χ1v) is 9.87. The minimum absolute atomic E-state index is 0.320. The molecule has 0 unspecified atom stereocenters. The lowest BCUT2D eigenvalue weighted by Gasteiger charge is -2.26. The highest BCUT2D eigenvalue weighted by Crippen LogP contribution is 2.34. The zero-order valence-electron chi connectivity index (χ0n) is 16.6. The maximum atomic E-state index is 14.9. The van der Waals surface area contributed by atoms with Gasteiger partial charge in [0.25, 0.3) is 0 Å². The second kappa shape index (κ2) is 9.65. The molecule has 0 amide bonds. The summed E-state index contributed by atoms with van der Waals surface area (Å²) in [5.41, 5.74) is 2.55. The molecule has 0 radical (unpaired) electrons. The van der Waals surface area contributed by atoms with E-state index >= 15 is 0 Å². The predicted octanol–water partition coefficient (Wildman–Crippen LogP) is 5.82. The molecule has 3 aromatic carbocycles. The Morgan fingerprint density at radius 3 is 1.66 bits per heavy atom. The smallest absolute Gasteiger partial charge is 0.147 e. The molecule has 4 nitrogen and oxygen atoms in total. The van der Waals surface area contributed by atoms with Gasteiger partial charge in [-0.05, 0) is 57.4 Å². The van der Waals surface area contributed by atoms with E-state index in [2.05, 4.69) is 15.9 Å². The summed E-state index contributed by atoms with van der Waals surface area (Å²) in [5, 5.41) is 0. The summed E-state index contributed by atoms with van der Waals surface area (Å²) in [6.07, 6.45) is 0. The number of benzene rings is 3. The first-order valence-electron chi connectivity index (χ1n) is 9.08. The zero-order chi connectivity index (χ0) is 20.8. The van der Waals surface area contributed by atoms with Gasteiger partial charge >= 0.3 is 0 Å². The lowest BCUT2D eigenvalue weighted by atomic mass is 10.1. The minimum Gasteiger partial charge on any atom is -0.497 e. The molecule has 152 valence electrons. The number of methoxy groups -OCH3 is 3. The van der Waals surface area contributed by atoms with Crippen LogP contribution >= 0.6 is 15.9 Å². The Morgan fingerprint density at radius 2 is 1.24 bits per heavy atom. The Morgan fingerprint density at radius 1 is 0.759 bits per heavy atom. The molecule has 0 aliphatic heterocycles. The van der Waals surface area contributed by atoms with Gasteiger partial charge in [0, 0.05) is 19.2 Å². The number of hydrogen-bond acceptors (Lipinski definition) is 4. The van der Waals surface area contributed by atoms with Crippen LogP contribution in [-0.4, -0.2) is 21.3 Å². The molecule has 0 aliphatic rings. The van der Waals surface area contributed by atoms with Crippen molar-refractivity contribution in [3.05, 3.63) is 82.1 Å². The monoisotopic (exact) mass is 459 g/mol. The number of halogens is 2. The van der Waals surface area contributed by atoms with Crippen molar-refractivity contribution < 1.29 is 18.6 Å². The van der Waals surface area contributed by atoms with Gasteiger partial charge in [0.1, 0.15) is 23.1 Å². The third-order valence-corrected chi connectivity index (χ3v) is 5.25. The molecule has 3 rings (SSSR count). The second-order valence-corrected chi connectivity index (χ2v) is 7.34. The van der Waals surface area contributed by atoms with Gasteiger partial charge < -0.3 is 19.1 Å². The van der Waals surface area contributed by atoms with Crippen LogP contribution in [0.5, 0.6) is 17.2 Å². The van der Waals surface area contributed by atoms with Crippen molar-refractivity contribution in [3.63, 3.8) is 0 Å². The first-order chi connectivity index (χ1) is 14.0. The molecule has 29 heavy (non-hydrogen) atoms. The molecule has 0 aliphatic carbocycles. The molecule has 0 atom stereocenters. The highest BCUT2D eigenvalue weighted by atomic mass is 79.9. The average Bonchev–Trinajstić information content (AvgIpc) is 2.74. The molecule has 0 aromatic heterocycles. The molecular formula is C23H23BrFNO3. The normalized spacial score (nSPS) is 10.5. The molecule has 0 heterocycles. The molecule has 0 spiro atoms. The molecule has 0 N–H and O–H groups in total. The van der Waals surface area contributed by atoms with Crippen molar-refractivity contribution in [2.75, 3.05) is 26.2 Å². The number of nitrogens with zero attached hydrogens (tertiary/aromatic N) is 1. The van der Waals surface area contributed by atoms with Crippen LogP contribution in [0.25, 0.3) is 0 Å². The van der Waals surface area contributed by atoms with Gasteiger partial charge in [0.05, 0.1) is 31.5 Å². The molecule has 6 heteroatoms. The average molecular weight is 460 g/mol. The van der Waals surface area contributed by atoms with Crippen LogP contribution in [0.4, 0.5) is 10.1 Å². The zero-order valence-corrected chi connectivity index (χ0v) is 18.2. The highest BCUT2D eigenvalue weighted by molar-refractivity contribution is 9.10. The summed E-state index contributed by atoms with van der Waals surface area (Å²) in [6.45, 7) is 1.05. The van der Waals surface area contributed by atoms with E-state index in [9.17, 15) is 4.39 Å². The third kappa shape index (κ3) is 5.21. The summed E-state index contributed by atoms with van der Waals surface area (Å²) in [7, 11) is 4.84. The highest BCUT2D eigenvalue weighted by Gasteiger charge is 2.17. The SMILES string of the molecule is COc1ccc(CN(Cc2ccc(OC)cc2)c2cc(OC)c(Br)cc2F)cc1. The second-order valence-electron chi connectivity index (χ2n) is 6.49. The number of hydrogen-bond donors (Lipinski definition) is 0. The Kier molecular flexibility index (Phi) is 6.99. The van der Waals surface area contributed by atoms with Gasteiger partial charge in [-0.25, -0.2) is 4.39 Å². The van der Waals surface area contributed by atoms with Crippen LogP contribution in [0.2, 0.25) is 0 Å². The Labute approximate surface area is 179 Å². The fraction of sp³-hybridized carbons (Fsp3) is 0.217. The molecule has 0 bridgehead atoms. The third-order valence-electron chi connectivity index (χ3n) is 4.63. The quantitative estimate of drug-likeness (QED) is 0.424. The summed E-state index contributed by atoms with van der Waals surface area (Å²) in [6, 6.07) is 18.7. The van der Waals surface area contributed by atoms with Crippen molar-refractivity contribution in [1.82, 2.24) is 0 Å². The van der Waals surface area contributed by atoms with Crippen molar-refractivity contribution in [2.24, 2.45) is 0 Å². The summed E-state index contributed by atoms with van der Waals surface area (Å²) < 4.78 is 31.3. The van der Waals surface area contributed by atoms with E-state index in [0.717, 1.165) is 22.6 Å². The van der Waals surface area contributed by atoms with E-state index in [-0.39, 0.29) is 5.82 Å². The van der Waals surface area contributed by atoms with E-state index in [4.69, 9.17) is 14.2 Å². The fourth-order valence-corrected chi connectivity index (χ4v) is 3.52. The maximum Gasteiger partial charge on any atom is 0.147 e. The van der Waals surface area contributed by atoms with E-state index in [1.54, 1.807) is 27.4 Å². The van der Waals surface area contributed by atoms with E-state index in [0.29, 0.717) is 29.0 Å². The predicted molar refractivity (Wildman–Crippen MR) is 117 cm³/mol. The topological polar surface area (TPSA) is 30.9 Å². The maximum absolute atomic E-state index is 14.9. The fourth-order valence-electron chi connectivity index (χ4n) is 3.05.